The lowest BCUT2D eigenvalue weighted by Crippen LogP contribution is -2.69. The maximum Gasteiger partial charge on any atom is 0.107 e. The minimum atomic E-state index is 0.272. The van der Waals surface area contributed by atoms with E-state index in [4.69, 9.17) is 0 Å². The van der Waals surface area contributed by atoms with Crippen molar-refractivity contribution in [2.45, 2.75) is 70.0 Å². The van der Waals surface area contributed by atoms with Gasteiger partial charge in [0.05, 0.1) is 6.54 Å². The molecule has 112 valence electrons. The minimum Gasteiger partial charge on any atom is -0.308 e. The Labute approximate surface area is 126 Å². The van der Waals surface area contributed by atoms with Crippen LogP contribution in [-0.2, 0) is 6.54 Å². The van der Waals surface area contributed by atoms with Crippen LogP contribution in [0.5, 0.6) is 0 Å². The van der Waals surface area contributed by atoms with Gasteiger partial charge in [0.15, 0.2) is 0 Å². The number of thiazole rings is 1. The summed E-state index contributed by atoms with van der Waals surface area (Å²) in [6.07, 6.45) is 10.0. The Balaban J connectivity index is 1.77. The number of rotatable bonds is 3. The SMILES string of the molecule is CCC1(C)CNC2(CCCCC2)CN1Cc1nccs1. The normalized spacial score (nSPS) is 30.7. The van der Waals surface area contributed by atoms with Crippen molar-refractivity contribution in [1.82, 2.24) is 15.2 Å². The van der Waals surface area contributed by atoms with Gasteiger partial charge in [-0.15, -0.1) is 11.3 Å². The maximum atomic E-state index is 4.50. The van der Waals surface area contributed by atoms with E-state index < -0.39 is 0 Å². The Hall–Kier alpha value is -0.450. The van der Waals surface area contributed by atoms with Gasteiger partial charge in [-0.05, 0) is 26.2 Å². The number of nitrogens with zero attached hydrogens (tertiary/aromatic N) is 2. The Morgan fingerprint density at radius 1 is 1.35 bits per heavy atom. The zero-order valence-electron chi connectivity index (χ0n) is 12.8. The average Bonchev–Trinajstić information content (AvgIpc) is 2.97. The maximum absolute atomic E-state index is 4.50. The highest BCUT2D eigenvalue weighted by Crippen LogP contribution is 2.36. The Morgan fingerprint density at radius 3 is 2.80 bits per heavy atom. The smallest absolute Gasteiger partial charge is 0.107 e. The van der Waals surface area contributed by atoms with Crippen LogP contribution >= 0.6 is 11.3 Å². The molecule has 3 rings (SSSR count). The van der Waals surface area contributed by atoms with Crippen LogP contribution in [0.15, 0.2) is 11.6 Å². The van der Waals surface area contributed by atoms with Crippen LogP contribution in [0, 0.1) is 0 Å². The molecule has 2 aliphatic rings. The van der Waals surface area contributed by atoms with Crippen molar-refractivity contribution < 1.29 is 0 Å². The van der Waals surface area contributed by atoms with E-state index >= 15 is 0 Å². The van der Waals surface area contributed by atoms with Crippen molar-refractivity contribution in [3.05, 3.63) is 16.6 Å². The molecular formula is C16H27N3S. The highest BCUT2D eigenvalue weighted by atomic mass is 32.1. The standard InChI is InChI=1S/C16H27N3S/c1-3-15(2)12-18-16(7-5-4-6-8-16)13-19(15)11-14-17-9-10-20-14/h9-10,18H,3-8,11-13H2,1-2H3. The summed E-state index contributed by atoms with van der Waals surface area (Å²) in [5.74, 6) is 0. The molecule has 1 aromatic rings. The molecule has 1 aliphatic carbocycles. The Bertz CT molecular complexity index is 425. The van der Waals surface area contributed by atoms with E-state index in [1.165, 1.54) is 50.1 Å². The lowest BCUT2D eigenvalue weighted by Gasteiger charge is -2.54. The third kappa shape index (κ3) is 2.78. The molecule has 1 atom stereocenters. The first kappa shape index (κ1) is 14.5. The topological polar surface area (TPSA) is 28.2 Å². The van der Waals surface area contributed by atoms with E-state index in [0.717, 1.165) is 13.1 Å². The molecule has 4 heteroatoms. The average molecular weight is 293 g/mol. The van der Waals surface area contributed by atoms with Crippen molar-refractivity contribution in [1.29, 1.82) is 0 Å². The second-order valence-electron chi connectivity index (χ2n) is 6.83. The summed E-state index contributed by atoms with van der Waals surface area (Å²) in [6, 6.07) is 0. The molecule has 1 N–H and O–H groups in total. The van der Waals surface area contributed by atoms with E-state index in [1.807, 2.05) is 6.20 Å². The molecule has 0 bridgehead atoms. The monoisotopic (exact) mass is 293 g/mol. The fourth-order valence-corrected chi connectivity index (χ4v) is 4.39. The first-order valence-electron chi connectivity index (χ1n) is 8.04. The molecule has 0 amide bonds. The van der Waals surface area contributed by atoms with E-state index in [2.05, 4.69) is 34.4 Å². The highest BCUT2D eigenvalue weighted by molar-refractivity contribution is 7.09. The number of hydrogen-bond donors (Lipinski definition) is 1. The Kier molecular flexibility index (Phi) is 4.16. The molecule has 0 aromatic carbocycles. The molecule has 1 aromatic heterocycles. The fourth-order valence-electron chi connectivity index (χ4n) is 3.75. The van der Waals surface area contributed by atoms with Crippen molar-refractivity contribution in [3.63, 3.8) is 0 Å². The number of piperazine rings is 1. The van der Waals surface area contributed by atoms with Gasteiger partial charge in [-0.3, -0.25) is 4.90 Å². The molecular weight excluding hydrogens is 266 g/mol. The van der Waals surface area contributed by atoms with Crippen LogP contribution in [0.1, 0.15) is 57.4 Å². The van der Waals surface area contributed by atoms with Gasteiger partial charge in [0, 0.05) is 35.7 Å². The van der Waals surface area contributed by atoms with E-state index in [0.29, 0.717) is 5.54 Å². The van der Waals surface area contributed by atoms with Gasteiger partial charge in [0.25, 0.3) is 0 Å². The zero-order valence-corrected chi connectivity index (χ0v) is 13.6. The quantitative estimate of drug-likeness (QED) is 0.925. The molecule has 1 unspecified atom stereocenters. The van der Waals surface area contributed by atoms with Gasteiger partial charge in [-0.1, -0.05) is 26.2 Å². The van der Waals surface area contributed by atoms with Gasteiger partial charge < -0.3 is 5.32 Å². The lowest BCUT2D eigenvalue weighted by atomic mass is 9.77. The van der Waals surface area contributed by atoms with Crippen LogP contribution in [0.3, 0.4) is 0 Å². The summed E-state index contributed by atoms with van der Waals surface area (Å²) in [5.41, 5.74) is 0.651. The zero-order chi connectivity index (χ0) is 14.1. The molecule has 1 spiro atoms. The van der Waals surface area contributed by atoms with Gasteiger partial charge >= 0.3 is 0 Å². The molecule has 2 fully saturated rings. The first-order valence-corrected chi connectivity index (χ1v) is 8.92. The van der Waals surface area contributed by atoms with Crippen LogP contribution in [0.25, 0.3) is 0 Å². The minimum absolute atomic E-state index is 0.272. The molecule has 1 saturated carbocycles. The largest absolute Gasteiger partial charge is 0.308 e. The number of nitrogens with one attached hydrogen (secondary N) is 1. The summed E-state index contributed by atoms with van der Waals surface area (Å²) in [5, 5.41) is 7.28. The molecule has 1 saturated heterocycles. The molecule has 20 heavy (non-hydrogen) atoms. The van der Waals surface area contributed by atoms with Gasteiger partial charge in [0.2, 0.25) is 0 Å². The fraction of sp³-hybridized carbons (Fsp3) is 0.812. The second-order valence-corrected chi connectivity index (χ2v) is 7.81. The van der Waals surface area contributed by atoms with Crippen molar-refractivity contribution >= 4 is 11.3 Å². The van der Waals surface area contributed by atoms with Gasteiger partial charge in [-0.2, -0.15) is 0 Å². The summed E-state index contributed by atoms with van der Waals surface area (Å²) in [4.78, 5) is 7.20. The van der Waals surface area contributed by atoms with E-state index in [-0.39, 0.29) is 5.54 Å². The molecule has 3 nitrogen and oxygen atoms in total. The molecule has 1 aliphatic heterocycles. The summed E-state index contributed by atoms with van der Waals surface area (Å²) in [7, 11) is 0. The van der Waals surface area contributed by atoms with E-state index in [9.17, 15) is 0 Å². The van der Waals surface area contributed by atoms with E-state index in [1.54, 1.807) is 11.3 Å². The predicted octanol–water partition coefficient (Wildman–Crippen LogP) is 3.42. The van der Waals surface area contributed by atoms with Crippen molar-refractivity contribution in [2.24, 2.45) is 0 Å². The summed E-state index contributed by atoms with van der Waals surface area (Å²) in [6.45, 7) is 8.05. The van der Waals surface area contributed by atoms with Crippen LogP contribution < -0.4 is 5.32 Å². The van der Waals surface area contributed by atoms with Gasteiger partial charge in [0.1, 0.15) is 5.01 Å². The van der Waals surface area contributed by atoms with Crippen LogP contribution in [0.4, 0.5) is 0 Å². The summed E-state index contributed by atoms with van der Waals surface area (Å²) >= 11 is 1.79. The summed E-state index contributed by atoms with van der Waals surface area (Å²) < 4.78 is 0. The third-order valence-electron chi connectivity index (χ3n) is 5.48. The molecule has 0 radical (unpaired) electrons. The first-order chi connectivity index (χ1) is 9.66. The number of hydrogen-bond acceptors (Lipinski definition) is 4. The van der Waals surface area contributed by atoms with Crippen LogP contribution in [-0.4, -0.2) is 34.1 Å². The Morgan fingerprint density at radius 2 is 2.15 bits per heavy atom. The van der Waals surface area contributed by atoms with Crippen molar-refractivity contribution in [2.75, 3.05) is 13.1 Å². The van der Waals surface area contributed by atoms with Crippen molar-refractivity contribution in [3.8, 4) is 0 Å². The van der Waals surface area contributed by atoms with Gasteiger partial charge in [-0.25, -0.2) is 4.98 Å². The van der Waals surface area contributed by atoms with Crippen LogP contribution in [0.2, 0.25) is 0 Å². The lowest BCUT2D eigenvalue weighted by molar-refractivity contribution is -0.00739. The second kappa shape index (κ2) is 5.74. The highest BCUT2D eigenvalue weighted by Gasteiger charge is 2.44. The predicted molar refractivity (Wildman–Crippen MR) is 85.0 cm³/mol. The number of aromatic nitrogens is 1. The molecule has 2 heterocycles. The third-order valence-corrected chi connectivity index (χ3v) is 6.25.